The Hall–Kier alpha value is -3.48. The Morgan fingerprint density at radius 1 is 0.935 bits per heavy atom. The average molecular weight is 420 g/mol. The number of ether oxygens (including phenoxy) is 1. The van der Waals surface area contributed by atoms with Crippen molar-refractivity contribution in [3.8, 4) is 0 Å². The third-order valence-electron chi connectivity index (χ3n) is 5.75. The molecule has 1 fully saturated rings. The van der Waals surface area contributed by atoms with Crippen molar-refractivity contribution >= 4 is 23.7 Å². The number of imide groups is 1. The third-order valence-corrected chi connectivity index (χ3v) is 5.75. The van der Waals surface area contributed by atoms with Crippen LogP contribution < -0.4 is 5.32 Å². The number of hydrogen-bond donors (Lipinski definition) is 1. The van der Waals surface area contributed by atoms with Crippen LogP contribution in [0.25, 0.3) is 0 Å². The van der Waals surface area contributed by atoms with Gasteiger partial charge in [-0.3, -0.25) is 19.3 Å². The molecule has 1 heterocycles. The molecule has 0 bridgehead atoms. The van der Waals surface area contributed by atoms with Crippen LogP contribution in [0.3, 0.4) is 0 Å². The highest BCUT2D eigenvalue weighted by Gasteiger charge is 2.43. The van der Waals surface area contributed by atoms with E-state index in [-0.39, 0.29) is 29.5 Å². The summed E-state index contributed by atoms with van der Waals surface area (Å²) in [6.45, 7) is -0.441. The smallest absolute Gasteiger partial charge is 0.330 e. The normalized spacial score (nSPS) is 16.8. The fourth-order valence-electron chi connectivity index (χ4n) is 4.18. The molecular formula is C24H24N2O5. The number of esters is 1. The summed E-state index contributed by atoms with van der Waals surface area (Å²) in [5.41, 5.74) is 1.30. The molecule has 0 saturated heterocycles. The van der Waals surface area contributed by atoms with Crippen LogP contribution in [0, 0.1) is 0 Å². The van der Waals surface area contributed by atoms with Gasteiger partial charge in [0.25, 0.3) is 17.7 Å². The van der Waals surface area contributed by atoms with Crippen LogP contribution in [-0.2, 0) is 20.7 Å². The number of hydrogen-bond acceptors (Lipinski definition) is 5. The minimum atomic E-state index is -1.16. The molecule has 0 radical (unpaired) electrons. The summed E-state index contributed by atoms with van der Waals surface area (Å²) in [5, 5.41) is 2.86. The summed E-state index contributed by atoms with van der Waals surface area (Å²) in [7, 11) is 0. The van der Waals surface area contributed by atoms with Crippen molar-refractivity contribution in [2.45, 2.75) is 44.2 Å². The number of nitrogens with one attached hydrogen (secondary N) is 1. The molecule has 0 unspecified atom stereocenters. The highest BCUT2D eigenvalue weighted by atomic mass is 16.5. The van der Waals surface area contributed by atoms with Crippen LogP contribution in [0.4, 0.5) is 0 Å². The summed E-state index contributed by atoms with van der Waals surface area (Å²) >= 11 is 0. The first-order chi connectivity index (χ1) is 15.0. The molecule has 1 aliphatic carbocycles. The van der Waals surface area contributed by atoms with E-state index in [9.17, 15) is 19.2 Å². The van der Waals surface area contributed by atoms with E-state index >= 15 is 0 Å². The number of fused-ring (bicyclic) bond motifs is 1. The maximum absolute atomic E-state index is 13.0. The van der Waals surface area contributed by atoms with Gasteiger partial charge in [-0.25, -0.2) is 4.79 Å². The lowest BCUT2D eigenvalue weighted by Crippen LogP contribution is -2.48. The van der Waals surface area contributed by atoms with E-state index in [0.717, 1.165) is 36.1 Å². The number of amides is 3. The molecule has 4 rings (SSSR count). The summed E-state index contributed by atoms with van der Waals surface area (Å²) in [5.74, 6) is -2.22. The maximum Gasteiger partial charge on any atom is 0.330 e. The third kappa shape index (κ3) is 4.50. The van der Waals surface area contributed by atoms with Crippen molar-refractivity contribution in [1.29, 1.82) is 0 Å². The van der Waals surface area contributed by atoms with Gasteiger partial charge in [0.15, 0.2) is 6.61 Å². The molecule has 1 N–H and O–H groups in total. The minimum absolute atomic E-state index is 0.107. The van der Waals surface area contributed by atoms with Gasteiger partial charge in [0, 0.05) is 12.5 Å². The van der Waals surface area contributed by atoms with Crippen LogP contribution >= 0.6 is 0 Å². The molecule has 7 nitrogen and oxygen atoms in total. The van der Waals surface area contributed by atoms with E-state index < -0.39 is 30.4 Å². The van der Waals surface area contributed by atoms with Crippen LogP contribution in [0.2, 0.25) is 0 Å². The number of nitrogens with zero attached hydrogens (tertiary/aromatic N) is 1. The number of carbonyl (C=O) groups is 4. The van der Waals surface area contributed by atoms with E-state index in [1.807, 2.05) is 30.3 Å². The van der Waals surface area contributed by atoms with Crippen molar-refractivity contribution in [1.82, 2.24) is 10.2 Å². The Morgan fingerprint density at radius 2 is 1.52 bits per heavy atom. The molecule has 160 valence electrons. The van der Waals surface area contributed by atoms with Crippen molar-refractivity contribution in [2.75, 3.05) is 6.61 Å². The molecule has 3 amide bonds. The van der Waals surface area contributed by atoms with Crippen molar-refractivity contribution in [3.63, 3.8) is 0 Å². The van der Waals surface area contributed by atoms with Gasteiger partial charge in [0.05, 0.1) is 11.1 Å². The zero-order chi connectivity index (χ0) is 21.8. The second-order valence-corrected chi connectivity index (χ2v) is 7.89. The van der Waals surface area contributed by atoms with Crippen molar-refractivity contribution in [3.05, 3.63) is 71.3 Å². The molecule has 1 saturated carbocycles. The Kier molecular flexibility index (Phi) is 6.11. The Bertz CT molecular complexity index is 963. The second kappa shape index (κ2) is 9.12. The Balaban J connectivity index is 1.50. The van der Waals surface area contributed by atoms with Gasteiger partial charge in [-0.1, -0.05) is 55.3 Å². The van der Waals surface area contributed by atoms with E-state index in [1.54, 1.807) is 24.3 Å². The Morgan fingerprint density at radius 3 is 2.13 bits per heavy atom. The maximum atomic E-state index is 13.0. The highest BCUT2D eigenvalue weighted by molar-refractivity contribution is 6.22. The lowest BCUT2D eigenvalue weighted by molar-refractivity contribution is -0.152. The van der Waals surface area contributed by atoms with Gasteiger partial charge in [0.2, 0.25) is 0 Å². The zero-order valence-corrected chi connectivity index (χ0v) is 17.1. The monoisotopic (exact) mass is 420 g/mol. The first-order valence-corrected chi connectivity index (χ1v) is 10.5. The largest absolute Gasteiger partial charge is 0.454 e. The summed E-state index contributed by atoms with van der Waals surface area (Å²) in [4.78, 5) is 52.0. The molecule has 1 aliphatic heterocycles. The molecule has 0 spiro atoms. The van der Waals surface area contributed by atoms with Gasteiger partial charge in [0.1, 0.15) is 6.04 Å². The molecule has 2 aliphatic rings. The average Bonchev–Trinajstić information content (AvgIpc) is 3.38. The van der Waals surface area contributed by atoms with Gasteiger partial charge < -0.3 is 10.1 Å². The zero-order valence-electron chi connectivity index (χ0n) is 17.1. The number of benzene rings is 2. The molecule has 31 heavy (non-hydrogen) atoms. The van der Waals surface area contributed by atoms with Gasteiger partial charge >= 0.3 is 5.97 Å². The number of rotatable bonds is 7. The van der Waals surface area contributed by atoms with Crippen LogP contribution in [0.15, 0.2) is 54.6 Å². The Labute approximate surface area is 180 Å². The van der Waals surface area contributed by atoms with Crippen LogP contribution in [-0.4, -0.2) is 47.3 Å². The summed E-state index contributed by atoms with van der Waals surface area (Å²) < 4.78 is 5.26. The van der Waals surface area contributed by atoms with Gasteiger partial charge in [-0.2, -0.15) is 0 Å². The van der Waals surface area contributed by atoms with Crippen LogP contribution in [0.5, 0.6) is 0 Å². The predicted octanol–water partition coefficient (Wildman–Crippen LogP) is 2.50. The van der Waals surface area contributed by atoms with E-state index in [2.05, 4.69) is 5.32 Å². The van der Waals surface area contributed by atoms with Gasteiger partial charge in [-0.15, -0.1) is 0 Å². The van der Waals surface area contributed by atoms with E-state index in [0.29, 0.717) is 0 Å². The minimum Gasteiger partial charge on any atom is -0.454 e. The number of carbonyl (C=O) groups excluding carboxylic acids is 4. The SMILES string of the molecule is O=C(COC(=O)[C@H](Cc1ccccc1)N1C(=O)c2ccccc2C1=O)NC1CCCC1. The van der Waals surface area contributed by atoms with Gasteiger partial charge in [-0.05, 0) is 30.5 Å². The van der Waals surface area contributed by atoms with E-state index in [4.69, 9.17) is 4.74 Å². The fourth-order valence-corrected chi connectivity index (χ4v) is 4.18. The van der Waals surface area contributed by atoms with Crippen molar-refractivity contribution in [2.24, 2.45) is 0 Å². The second-order valence-electron chi connectivity index (χ2n) is 7.89. The standard InChI is InChI=1S/C24H24N2O5/c27-21(25-17-10-4-5-11-17)15-31-24(30)20(14-16-8-2-1-3-9-16)26-22(28)18-12-6-7-13-19(18)23(26)29/h1-3,6-9,12-13,17,20H,4-5,10-11,14-15H2,(H,25,27)/t20-/m0/s1. The molecule has 7 heteroatoms. The quantitative estimate of drug-likeness (QED) is 0.549. The summed E-state index contributed by atoms with van der Waals surface area (Å²) in [6.07, 6.45) is 4.10. The first-order valence-electron chi connectivity index (χ1n) is 10.5. The molecule has 1 atom stereocenters. The lowest BCUT2D eigenvalue weighted by Gasteiger charge is -2.25. The topological polar surface area (TPSA) is 92.8 Å². The van der Waals surface area contributed by atoms with Crippen LogP contribution in [0.1, 0.15) is 52.0 Å². The molecule has 2 aromatic carbocycles. The molecule has 2 aromatic rings. The molecule has 0 aromatic heterocycles. The summed E-state index contributed by atoms with van der Waals surface area (Å²) in [6, 6.07) is 14.5. The fraction of sp³-hybridized carbons (Fsp3) is 0.333. The van der Waals surface area contributed by atoms with Crippen molar-refractivity contribution < 1.29 is 23.9 Å². The lowest BCUT2D eigenvalue weighted by atomic mass is 10.0. The molecular weight excluding hydrogens is 396 g/mol. The predicted molar refractivity (Wildman–Crippen MR) is 112 cm³/mol. The van der Waals surface area contributed by atoms with E-state index in [1.165, 1.54) is 0 Å². The highest BCUT2D eigenvalue weighted by Crippen LogP contribution is 2.26. The first kappa shape index (κ1) is 20.8.